The van der Waals surface area contributed by atoms with Crippen LogP contribution in [0.5, 0.6) is 0 Å². The molecule has 1 aromatic rings. The smallest absolute Gasteiger partial charge is 0.255 e. The average Bonchev–Trinajstić information content (AvgIpc) is 2.54. The molecule has 0 fully saturated rings. The van der Waals surface area contributed by atoms with Crippen molar-refractivity contribution in [3.05, 3.63) is 36.0 Å². The van der Waals surface area contributed by atoms with Gasteiger partial charge in [0.05, 0.1) is 11.6 Å². The van der Waals surface area contributed by atoms with Crippen LogP contribution in [0.3, 0.4) is 0 Å². The van der Waals surface area contributed by atoms with Gasteiger partial charge in [0.1, 0.15) is 12.1 Å². The SMILES string of the molecule is CC(C)C(C=O)N(C)C(=O)c1ccc(NC(=O)/C=C/CN(C)C)nc1. The van der Waals surface area contributed by atoms with Gasteiger partial charge in [-0.1, -0.05) is 19.9 Å². The molecule has 136 valence electrons. The molecule has 7 heteroatoms. The van der Waals surface area contributed by atoms with Crippen LogP contribution in [0, 0.1) is 5.92 Å². The Hall–Kier alpha value is -2.54. The normalized spacial score (nSPS) is 12.4. The van der Waals surface area contributed by atoms with Crippen LogP contribution in [0.15, 0.2) is 30.5 Å². The van der Waals surface area contributed by atoms with Gasteiger partial charge in [0, 0.05) is 25.9 Å². The van der Waals surface area contributed by atoms with Crippen LogP contribution in [0.1, 0.15) is 24.2 Å². The van der Waals surface area contributed by atoms with Crippen LogP contribution in [0.2, 0.25) is 0 Å². The second-order valence-corrected chi connectivity index (χ2v) is 6.37. The van der Waals surface area contributed by atoms with Crippen LogP contribution in [-0.4, -0.2) is 66.6 Å². The lowest BCUT2D eigenvalue weighted by atomic mass is 10.0. The largest absolute Gasteiger partial charge is 0.332 e. The van der Waals surface area contributed by atoms with E-state index in [1.807, 2.05) is 32.8 Å². The number of nitrogens with one attached hydrogen (secondary N) is 1. The maximum atomic E-state index is 12.4. The molecular weight excluding hydrogens is 320 g/mol. The van der Waals surface area contributed by atoms with Crippen molar-refractivity contribution in [3.8, 4) is 0 Å². The minimum absolute atomic E-state index is 0.0203. The lowest BCUT2D eigenvalue weighted by Gasteiger charge is -2.26. The first kappa shape index (κ1) is 20.5. The third-order valence-corrected chi connectivity index (χ3v) is 3.59. The number of carbonyl (C=O) groups is 3. The molecule has 0 radical (unpaired) electrons. The van der Waals surface area contributed by atoms with Crippen molar-refractivity contribution >= 4 is 23.9 Å². The molecule has 0 aliphatic carbocycles. The molecule has 1 rings (SSSR count). The molecule has 25 heavy (non-hydrogen) atoms. The standard InChI is InChI=1S/C18H26N4O3/c1-13(2)15(12-23)22(5)18(25)14-8-9-16(19-11-14)20-17(24)7-6-10-21(3)4/h6-9,11-13,15H,10H2,1-5H3,(H,19,20,24)/b7-6+. The van der Waals surface area contributed by atoms with E-state index in [-0.39, 0.29) is 17.7 Å². The number of anilines is 1. The molecule has 7 nitrogen and oxygen atoms in total. The van der Waals surface area contributed by atoms with Gasteiger partial charge in [-0.2, -0.15) is 0 Å². The second kappa shape index (κ2) is 9.68. The number of amides is 2. The summed E-state index contributed by atoms with van der Waals surface area (Å²) in [7, 11) is 5.41. The van der Waals surface area contributed by atoms with E-state index in [9.17, 15) is 14.4 Å². The lowest BCUT2D eigenvalue weighted by molar-refractivity contribution is -0.113. The molecule has 0 aliphatic rings. The first-order valence-electron chi connectivity index (χ1n) is 8.07. The quantitative estimate of drug-likeness (QED) is 0.569. The number of pyridine rings is 1. The Morgan fingerprint density at radius 3 is 2.40 bits per heavy atom. The van der Waals surface area contributed by atoms with E-state index < -0.39 is 6.04 Å². The van der Waals surface area contributed by atoms with Gasteiger partial charge in [-0.05, 0) is 32.1 Å². The first-order valence-corrected chi connectivity index (χ1v) is 8.07. The third-order valence-electron chi connectivity index (χ3n) is 3.59. The Morgan fingerprint density at radius 1 is 1.24 bits per heavy atom. The zero-order chi connectivity index (χ0) is 19.0. The van der Waals surface area contributed by atoms with E-state index in [4.69, 9.17) is 0 Å². The molecule has 1 aromatic heterocycles. The number of carbonyl (C=O) groups excluding carboxylic acids is 3. The fraction of sp³-hybridized carbons (Fsp3) is 0.444. The topological polar surface area (TPSA) is 82.6 Å². The number of hydrogen-bond donors (Lipinski definition) is 1. The summed E-state index contributed by atoms with van der Waals surface area (Å²) in [6.45, 7) is 4.42. The van der Waals surface area contributed by atoms with E-state index in [2.05, 4.69) is 10.3 Å². The minimum atomic E-state index is -0.492. The molecule has 1 N–H and O–H groups in total. The Bertz CT molecular complexity index is 624. The number of hydrogen-bond acceptors (Lipinski definition) is 5. The van der Waals surface area contributed by atoms with Gasteiger partial charge >= 0.3 is 0 Å². The zero-order valence-electron chi connectivity index (χ0n) is 15.4. The second-order valence-electron chi connectivity index (χ2n) is 6.37. The monoisotopic (exact) mass is 346 g/mol. The highest BCUT2D eigenvalue weighted by Crippen LogP contribution is 2.12. The summed E-state index contributed by atoms with van der Waals surface area (Å²) in [6, 6.07) is 2.64. The first-order chi connectivity index (χ1) is 11.8. The van der Waals surface area contributed by atoms with E-state index in [0.717, 1.165) is 6.29 Å². The number of aldehydes is 1. The van der Waals surface area contributed by atoms with E-state index in [1.165, 1.54) is 17.2 Å². The molecule has 2 amide bonds. The highest BCUT2D eigenvalue weighted by atomic mass is 16.2. The highest BCUT2D eigenvalue weighted by Gasteiger charge is 2.23. The van der Waals surface area contributed by atoms with Gasteiger partial charge in [0.15, 0.2) is 0 Å². The lowest BCUT2D eigenvalue weighted by Crippen LogP contribution is -2.41. The van der Waals surface area contributed by atoms with Crippen LogP contribution in [0.25, 0.3) is 0 Å². The average molecular weight is 346 g/mol. The van der Waals surface area contributed by atoms with Crippen LogP contribution in [0.4, 0.5) is 5.82 Å². The predicted molar refractivity (Wildman–Crippen MR) is 97.3 cm³/mol. The molecule has 0 saturated carbocycles. The van der Waals surface area contributed by atoms with Crippen LogP contribution < -0.4 is 5.32 Å². The van der Waals surface area contributed by atoms with Crippen molar-refractivity contribution in [1.82, 2.24) is 14.8 Å². The van der Waals surface area contributed by atoms with Gasteiger partial charge in [0.2, 0.25) is 5.91 Å². The molecule has 1 heterocycles. The molecule has 1 unspecified atom stereocenters. The fourth-order valence-electron chi connectivity index (χ4n) is 2.17. The van der Waals surface area contributed by atoms with Crippen LogP contribution in [-0.2, 0) is 9.59 Å². The molecule has 0 bridgehead atoms. The van der Waals surface area contributed by atoms with Gasteiger partial charge in [-0.25, -0.2) is 4.98 Å². The van der Waals surface area contributed by atoms with Crippen molar-refractivity contribution in [2.45, 2.75) is 19.9 Å². The van der Waals surface area contributed by atoms with Crippen molar-refractivity contribution in [2.75, 3.05) is 33.0 Å². The Balaban J connectivity index is 2.72. The maximum Gasteiger partial charge on any atom is 0.255 e. The summed E-state index contributed by atoms with van der Waals surface area (Å²) in [4.78, 5) is 42.7. The Labute approximate surface area is 148 Å². The number of likely N-dealkylation sites (N-methyl/N-ethyl adjacent to an activating group) is 2. The third kappa shape index (κ3) is 6.46. The summed E-state index contributed by atoms with van der Waals surface area (Å²) >= 11 is 0. The highest BCUT2D eigenvalue weighted by molar-refractivity contribution is 5.99. The van der Waals surface area contributed by atoms with Gasteiger partial charge < -0.3 is 19.9 Å². The maximum absolute atomic E-state index is 12.4. The molecule has 0 spiro atoms. The van der Waals surface area contributed by atoms with Crippen LogP contribution >= 0.6 is 0 Å². The molecule has 0 aliphatic heterocycles. The van der Waals surface area contributed by atoms with Gasteiger partial charge in [0.25, 0.3) is 5.91 Å². The minimum Gasteiger partial charge on any atom is -0.332 e. The molecule has 0 aromatic carbocycles. The van der Waals surface area contributed by atoms with Gasteiger partial charge in [-0.3, -0.25) is 9.59 Å². The van der Waals surface area contributed by atoms with Crippen molar-refractivity contribution in [3.63, 3.8) is 0 Å². The summed E-state index contributed by atoms with van der Waals surface area (Å²) in [6.07, 6.45) is 5.34. The zero-order valence-corrected chi connectivity index (χ0v) is 15.4. The number of nitrogens with zero attached hydrogens (tertiary/aromatic N) is 3. The van der Waals surface area contributed by atoms with E-state index in [0.29, 0.717) is 17.9 Å². The molecule has 1 atom stereocenters. The van der Waals surface area contributed by atoms with Crippen molar-refractivity contribution < 1.29 is 14.4 Å². The molecule has 0 saturated heterocycles. The predicted octanol–water partition coefficient (Wildman–Crippen LogP) is 1.43. The van der Waals surface area contributed by atoms with Crippen molar-refractivity contribution in [1.29, 1.82) is 0 Å². The summed E-state index contributed by atoms with van der Waals surface area (Å²) in [5, 5.41) is 2.63. The fourth-order valence-corrected chi connectivity index (χ4v) is 2.17. The van der Waals surface area contributed by atoms with E-state index >= 15 is 0 Å². The summed E-state index contributed by atoms with van der Waals surface area (Å²) in [5.74, 6) is -0.199. The Morgan fingerprint density at radius 2 is 1.92 bits per heavy atom. The summed E-state index contributed by atoms with van der Waals surface area (Å²) in [5.41, 5.74) is 0.358. The van der Waals surface area contributed by atoms with Gasteiger partial charge in [-0.15, -0.1) is 0 Å². The molecular formula is C18H26N4O3. The van der Waals surface area contributed by atoms with E-state index in [1.54, 1.807) is 25.3 Å². The van der Waals surface area contributed by atoms with Crippen molar-refractivity contribution in [2.24, 2.45) is 5.92 Å². The number of rotatable bonds is 8. The Kier molecular flexibility index (Phi) is 7.94. The number of aromatic nitrogens is 1. The summed E-state index contributed by atoms with van der Waals surface area (Å²) < 4.78 is 0.